The second-order valence-corrected chi connectivity index (χ2v) is 6.45. The van der Waals surface area contributed by atoms with Gasteiger partial charge in [-0.05, 0) is 39.2 Å². The van der Waals surface area contributed by atoms with Gasteiger partial charge in [0, 0.05) is 35.9 Å². The first-order valence-electron chi connectivity index (χ1n) is 7.49. The van der Waals surface area contributed by atoms with E-state index in [9.17, 15) is 4.79 Å². The first-order valence-corrected chi connectivity index (χ1v) is 7.87. The van der Waals surface area contributed by atoms with Gasteiger partial charge in [0.05, 0.1) is 5.69 Å². The highest BCUT2D eigenvalue weighted by Gasteiger charge is 2.32. The lowest BCUT2D eigenvalue weighted by Gasteiger charge is -2.42. The third-order valence-electron chi connectivity index (χ3n) is 4.05. The van der Waals surface area contributed by atoms with Crippen LogP contribution in [0.3, 0.4) is 0 Å². The number of carbonyl (C=O) groups excluding carboxylic acids is 1. The van der Waals surface area contributed by atoms with Crippen molar-refractivity contribution in [3.05, 3.63) is 41.0 Å². The van der Waals surface area contributed by atoms with Gasteiger partial charge in [-0.1, -0.05) is 17.7 Å². The maximum absolute atomic E-state index is 12.2. The average molecular weight is 334 g/mol. The molecule has 0 spiro atoms. The number of anilines is 1. The number of hydrogen-bond donors (Lipinski definition) is 1. The molecule has 7 heteroatoms. The Labute approximate surface area is 140 Å². The molecule has 23 heavy (non-hydrogen) atoms. The number of likely N-dealkylation sites (N-methyl/N-ethyl adjacent to an activating group) is 1. The first kappa shape index (κ1) is 15.8. The molecule has 1 aromatic heterocycles. The van der Waals surface area contributed by atoms with Gasteiger partial charge in [0.2, 0.25) is 0 Å². The fourth-order valence-electron chi connectivity index (χ4n) is 2.54. The van der Waals surface area contributed by atoms with Crippen LogP contribution in [0.1, 0.15) is 5.69 Å². The molecule has 0 bridgehead atoms. The molecule has 1 aliphatic rings. The van der Waals surface area contributed by atoms with Crippen LogP contribution in [0.4, 0.5) is 10.6 Å². The van der Waals surface area contributed by atoms with Crippen LogP contribution < -0.4 is 5.32 Å². The average Bonchev–Trinajstić information content (AvgIpc) is 2.77. The zero-order valence-corrected chi connectivity index (χ0v) is 14.2. The minimum absolute atomic E-state index is 0.112. The number of amides is 2. The van der Waals surface area contributed by atoms with Crippen LogP contribution in [0.25, 0.3) is 5.69 Å². The Balaban J connectivity index is 1.68. The molecule has 122 valence electrons. The number of likely N-dealkylation sites (tertiary alicyclic amines) is 1. The molecule has 0 atom stereocenters. The molecule has 1 fully saturated rings. The molecule has 1 N–H and O–H groups in total. The van der Waals surface area contributed by atoms with E-state index in [4.69, 9.17) is 11.6 Å². The van der Waals surface area contributed by atoms with Crippen LogP contribution >= 0.6 is 11.6 Å². The van der Waals surface area contributed by atoms with Gasteiger partial charge < -0.3 is 9.80 Å². The maximum Gasteiger partial charge on any atom is 0.323 e. The number of halogens is 1. The molecular weight excluding hydrogens is 314 g/mol. The summed E-state index contributed by atoms with van der Waals surface area (Å²) in [6.45, 7) is 3.43. The van der Waals surface area contributed by atoms with E-state index >= 15 is 0 Å². The van der Waals surface area contributed by atoms with Crippen molar-refractivity contribution in [3.8, 4) is 5.69 Å². The van der Waals surface area contributed by atoms with Crippen LogP contribution in [0.5, 0.6) is 0 Å². The summed E-state index contributed by atoms with van der Waals surface area (Å²) in [5.41, 5.74) is 1.80. The number of carbonyl (C=O) groups is 1. The largest absolute Gasteiger partial charge is 0.323 e. The number of nitrogens with zero attached hydrogens (tertiary/aromatic N) is 4. The van der Waals surface area contributed by atoms with Crippen molar-refractivity contribution in [3.63, 3.8) is 0 Å². The highest BCUT2D eigenvalue weighted by Crippen LogP contribution is 2.19. The standard InChI is InChI=1S/C16H20ClN5O/c1-11-7-15(18-16(23)21-9-14(10-21)20(2)3)19-22(11)13-6-4-5-12(17)8-13/h4-8,14H,9-10H2,1-3H3,(H,18,19,23). The van der Waals surface area contributed by atoms with Crippen molar-refractivity contribution in [2.24, 2.45) is 0 Å². The van der Waals surface area contributed by atoms with Gasteiger partial charge in [-0.2, -0.15) is 0 Å². The smallest absolute Gasteiger partial charge is 0.321 e. The Hall–Kier alpha value is -2.05. The number of nitrogens with one attached hydrogen (secondary N) is 1. The van der Waals surface area contributed by atoms with Crippen LogP contribution in [-0.2, 0) is 0 Å². The second kappa shape index (κ2) is 6.22. The molecule has 2 heterocycles. The normalized spacial score (nSPS) is 14.9. The van der Waals surface area contributed by atoms with Gasteiger partial charge in [-0.15, -0.1) is 5.10 Å². The second-order valence-electron chi connectivity index (χ2n) is 6.02. The summed E-state index contributed by atoms with van der Waals surface area (Å²) in [5, 5.41) is 7.95. The Bertz CT molecular complexity index is 721. The summed E-state index contributed by atoms with van der Waals surface area (Å²) in [5.74, 6) is 0.542. The molecule has 3 rings (SSSR count). The lowest BCUT2D eigenvalue weighted by molar-refractivity contribution is 0.0942. The first-order chi connectivity index (χ1) is 10.9. The van der Waals surface area contributed by atoms with E-state index in [1.165, 1.54) is 0 Å². The summed E-state index contributed by atoms with van der Waals surface area (Å²) in [4.78, 5) is 16.1. The van der Waals surface area contributed by atoms with E-state index in [0.29, 0.717) is 16.9 Å². The van der Waals surface area contributed by atoms with Crippen LogP contribution in [0.2, 0.25) is 5.02 Å². The van der Waals surface area contributed by atoms with Crippen LogP contribution in [0.15, 0.2) is 30.3 Å². The van der Waals surface area contributed by atoms with E-state index in [2.05, 4.69) is 15.3 Å². The van der Waals surface area contributed by atoms with Gasteiger partial charge in [0.1, 0.15) is 0 Å². The summed E-state index contributed by atoms with van der Waals surface area (Å²) in [6.07, 6.45) is 0. The number of aryl methyl sites for hydroxylation is 1. The van der Waals surface area contributed by atoms with Crippen LogP contribution in [-0.4, -0.2) is 58.8 Å². The SMILES string of the molecule is Cc1cc(NC(=O)N2CC(N(C)C)C2)nn1-c1cccc(Cl)c1. The zero-order valence-electron chi connectivity index (χ0n) is 13.5. The van der Waals surface area contributed by atoms with Gasteiger partial charge >= 0.3 is 6.03 Å². The predicted octanol–water partition coefficient (Wildman–Crippen LogP) is 2.61. The molecule has 2 amide bonds. The minimum atomic E-state index is -0.112. The van der Waals surface area contributed by atoms with Crippen LogP contribution in [0, 0.1) is 6.92 Å². The Morgan fingerprint density at radius 1 is 1.35 bits per heavy atom. The van der Waals surface area contributed by atoms with Gasteiger partial charge in [-0.3, -0.25) is 5.32 Å². The van der Waals surface area contributed by atoms with E-state index in [1.54, 1.807) is 9.58 Å². The molecule has 0 radical (unpaired) electrons. The summed E-state index contributed by atoms with van der Waals surface area (Å²) in [6, 6.07) is 9.63. The summed E-state index contributed by atoms with van der Waals surface area (Å²) < 4.78 is 1.76. The minimum Gasteiger partial charge on any atom is -0.321 e. The van der Waals surface area contributed by atoms with Crippen molar-refractivity contribution in [2.45, 2.75) is 13.0 Å². The van der Waals surface area contributed by atoms with Crippen molar-refractivity contribution < 1.29 is 4.79 Å². The number of rotatable bonds is 3. The topological polar surface area (TPSA) is 53.4 Å². The Kier molecular flexibility index (Phi) is 4.28. The maximum atomic E-state index is 12.2. The highest BCUT2D eigenvalue weighted by molar-refractivity contribution is 6.30. The van der Waals surface area contributed by atoms with Gasteiger partial charge in [0.25, 0.3) is 0 Å². The number of aromatic nitrogens is 2. The summed E-state index contributed by atoms with van der Waals surface area (Å²) >= 11 is 6.02. The predicted molar refractivity (Wildman–Crippen MR) is 91.4 cm³/mol. The molecule has 1 aliphatic heterocycles. The number of hydrogen-bond acceptors (Lipinski definition) is 3. The number of benzene rings is 1. The highest BCUT2D eigenvalue weighted by atomic mass is 35.5. The molecular formula is C16H20ClN5O. The third-order valence-corrected chi connectivity index (χ3v) is 4.29. The lowest BCUT2D eigenvalue weighted by atomic mass is 10.1. The molecule has 0 aliphatic carbocycles. The van der Waals surface area contributed by atoms with E-state index in [0.717, 1.165) is 24.5 Å². The van der Waals surface area contributed by atoms with Crippen molar-refractivity contribution in [1.29, 1.82) is 0 Å². The van der Waals surface area contributed by atoms with Crippen molar-refractivity contribution in [1.82, 2.24) is 19.6 Å². The van der Waals surface area contributed by atoms with Gasteiger partial charge in [-0.25, -0.2) is 9.48 Å². The van der Waals surface area contributed by atoms with Crippen molar-refractivity contribution in [2.75, 3.05) is 32.5 Å². The number of urea groups is 1. The molecule has 1 aromatic carbocycles. The van der Waals surface area contributed by atoms with Gasteiger partial charge in [0.15, 0.2) is 5.82 Å². The van der Waals surface area contributed by atoms with E-state index in [1.807, 2.05) is 51.4 Å². The molecule has 0 saturated carbocycles. The molecule has 2 aromatic rings. The fourth-order valence-corrected chi connectivity index (χ4v) is 2.73. The fraction of sp³-hybridized carbons (Fsp3) is 0.375. The Morgan fingerprint density at radius 3 is 2.74 bits per heavy atom. The summed E-state index contributed by atoms with van der Waals surface area (Å²) in [7, 11) is 4.05. The quantitative estimate of drug-likeness (QED) is 0.939. The molecule has 1 saturated heterocycles. The van der Waals surface area contributed by atoms with E-state index in [-0.39, 0.29) is 6.03 Å². The monoisotopic (exact) mass is 333 g/mol. The zero-order chi connectivity index (χ0) is 16.6. The molecule has 6 nitrogen and oxygen atoms in total. The lowest BCUT2D eigenvalue weighted by Crippen LogP contribution is -2.60. The van der Waals surface area contributed by atoms with Crippen molar-refractivity contribution >= 4 is 23.4 Å². The Morgan fingerprint density at radius 2 is 2.09 bits per heavy atom. The van der Waals surface area contributed by atoms with E-state index < -0.39 is 0 Å². The molecule has 0 unspecified atom stereocenters. The third kappa shape index (κ3) is 3.33.